The van der Waals surface area contributed by atoms with Crippen molar-refractivity contribution in [3.63, 3.8) is 0 Å². The van der Waals surface area contributed by atoms with Gasteiger partial charge in [0, 0.05) is 69.7 Å². The molecule has 628 valence electrons. The van der Waals surface area contributed by atoms with Crippen LogP contribution >= 0.6 is 126 Å². The third kappa shape index (κ3) is 21.4. The highest BCUT2D eigenvalue weighted by Gasteiger charge is 2.44. The van der Waals surface area contributed by atoms with Crippen LogP contribution in [0.25, 0.3) is 66.3 Å². The van der Waals surface area contributed by atoms with Gasteiger partial charge in [0.25, 0.3) is 16.7 Å². The van der Waals surface area contributed by atoms with Gasteiger partial charge in [-0.3, -0.25) is 37.9 Å². The lowest BCUT2D eigenvalue weighted by Crippen LogP contribution is -2.60. The molecule has 119 heavy (non-hydrogen) atoms. The molecular formula is C75H74B2Br5Cl4F5N18O10. The second-order valence-electron chi connectivity index (χ2n) is 30.6. The topological polar surface area (TPSA) is 344 Å². The molecule has 8 aliphatic rings. The molecule has 3 aliphatic heterocycles. The predicted octanol–water partition coefficient (Wildman–Crippen LogP) is 13.5. The third-order valence-electron chi connectivity index (χ3n) is 20.2. The Balaban J connectivity index is 0.000000123. The van der Waals surface area contributed by atoms with E-state index < -0.39 is 42.9 Å². The van der Waals surface area contributed by atoms with Gasteiger partial charge in [-0.15, -0.1) is 0 Å². The molecule has 5 aliphatic carbocycles. The van der Waals surface area contributed by atoms with Gasteiger partial charge < -0.3 is 63.0 Å². The van der Waals surface area contributed by atoms with Crippen molar-refractivity contribution in [3.8, 4) is 11.1 Å². The first-order chi connectivity index (χ1) is 56.4. The Morgan fingerprint density at radius 3 is 1.36 bits per heavy atom. The minimum absolute atomic E-state index is 0.0215. The van der Waals surface area contributed by atoms with E-state index in [9.17, 15) is 50.7 Å². The number of amides is 3. The van der Waals surface area contributed by atoms with Gasteiger partial charge in [0.05, 0.1) is 96.8 Å². The largest absolute Gasteiger partial charge is 0.488 e. The number of rotatable bonds is 12. The zero-order valence-electron chi connectivity index (χ0n) is 63.4. The molecule has 0 bridgehead atoms. The lowest BCUT2D eigenvalue weighted by Gasteiger charge is -2.42. The number of H-pyrrole nitrogens is 2. The summed E-state index contributed by atoms with van der Waals surface area (Å²) in [5, 5.41) is 38.1. The molecule has 0 atom stereocenters. The average Bonchev–Trinajstić information content (AvgIpc) is 1.60. The number of nitrogens with one attached hydrogen (secondary N) is 2. The summed E-state index contributed by atoms with van der Waals surface area (Å²) in [4.78, 5) is 112. The molecule has 44 heteroatoms. The van der Waals surface area contributed by atoms with Gasteiger partial charge in [-0.05, 0) is 177 Å². The van der Waals surface area contributed by atoms with Crippen LogP contribution in [0.3, 0.4) is 0 Å². The number of halogens is 14. The first-order valence-electron chi connectivity index (χ1n) is 37.4. The minimum atomic E-state index is -1.60. The summed E-state index contributed by atoms with van der Waals surface area (Å²) in [5.41, 5.74) is 0.477. The molecular weight excluding hydrogens is 1970 g/mol. The number of carbonyl (C=O) groups is 3. The summed E-state index contributed by atoms with van der Waals surface area (Å²) < 4.78 is 80.2. The Labute approximate surface area is 736 Å². The number of nitrogens with zero attached hydrogens (tertiary/aromatic N) is 16. The second kappa shape index (κ2) is 36.9. The monoisotopic (exact) mass is 2040 g/mol. The molecule has 5 saturated carbocycles. The molecule has 12 aromatic rings. The quantitative estimate of drug-likeness (QED) is 0.0286. The van der Waals surface area contributed by atoms with Crippen LogP contribution < -0.4 is 22.1 Å². The normalized spacial score (nSPS) is 17.0. The highest BCUT2D eigenvalue weighted by atomic mass is 79.9. The van der Waals surface area contributed by atoms with Crippen molar-refractivity contribution in [2.75, 3.05) is 44.6 Å². The van der Waals surface area contributed by atoms with Crippen molar-refractivity contribution in [2.24, 2.45) is 0 Å². The summed E-state index contributed by atoms with van der Waals surface area (Å²) in [6.07, 6.45) is 27.7. The molecule has 8 fully saturated rings. The van der Waals surface area contributed by atoms with Crippen LogP contribution in [0.15, 0.2) is 131 Å². The molecule has 0 spiro atoms. The van der Waals surface area contributed by atoms with E-state index in [4.69, 9.17) is 66.5 Å². The highest BCUT2D eigenvalue weighted by molar-refractivity contribution is 9.11. The first-order valence-corrected chi connectivity index (χ1v) is 43.2. The van der Waals surface area contributed by atoms with Gasteiger partial charge in [0.2, 0.25) is 17.7 Å². The maximum atomic E-state index is 13.7. The molecule has 0 radical (unpaired) electrons. The van der Waals surface area contributed by atoms with E-state index in [1.54, 1.807) is 12.3 Å². The van der Waals surface area contributed by atoms with E-state index in [-0.39, 0.29) is 114 Å². The van der Waals surface area contributed by atoms with Crippen molar-refractivity contribution in [1.29, 1.82) is 0 Å². The van der Waals surface area contributed by atoms with E-state index in [0.29, 0.717) is 76.8 Å². The number of aromatic amines is 2. The van der Waals surface area contributed by atoms with Gasteiger partial charge >= 0.3 is 14.2 Å². The Morgan fingerprint density at radius 2 is 0.924 bits per heavy atom. The summed E-state index contributed by atoms with van der Waals surface area (Å²) in [6.45, 7) is 4.79. The van der Waals surface area contributed by atoms with E-state index in [2.05, 4.69) is 134 Å². The molecule has 13 heterocycles. The Bertz CT molecular complexity index is 6010. The smallest absolute Gasteiger partial charge is 0.427 e. The van der Waals surface area contributed by atoms with E-state index in [0.717, 1.165) is 85.7 Å². The van der Waals surface area contributed by atoms with Crippen molar-refractivity contribution in [2.45, 2.75) is 145 Å². The number of aromatic nitrogens is 15. The van der Waals surface area contributed by atoms with E-state index in [1.165, 1.54) is 126 Å². The molecule has 10 aromatic heterocycles. The number of carbonyl (C=O) groups excluding carboxylic acids is 3. The first kappa shape index (κ1) is 89.3. The predicted molar refractivity (Wildman–Crippen MR) is 461 cm³/mol. The summed E-state index contributed by atoms with van der Waals surface area (Å²) in [7, 11) is -2.64. The van der Waals surface area contributed by atoms with Crippen LogP contribution in [-0.2, 0) is 27.5 Å². The van der Waals surface area contributed by atoms with Gasteiger partial charge in [-0.2, -0.15) is 0 Å². The number of hydrogen-bond donors (Lipinski definition) is 6. The fraction of sp³-hybridized carbons (Fsp3) is 0.400. The van der Waals surface area contributed by atoms with Crippen LogP contribution in [0, 0.1) is 11.6 Å². The third-order valence-corrected chi connectivity index (χ3v) is 24.3. The molecule has 0 unspecified atom stereocenters. The zero-order valence-corrected chi connectivity index (χ0v) is 74.4. The van der Waals surface area contributed by atoms with Crippen LogP contribution in [-0.4, -0.2) is 201 Å². The fourth-order valence-electron chi connectivity index (χ4n) is 13.3. The van der Waals surface area contributed by atoms with Gasteiger partial charge in [-0.1, -0.05) is 87.3 Å². The van der Waals surface area contributed by atoms with Crippen LogP contribution in [0.5, 0.6) is 0 Å². The molecule has 3 amide bonds. The van der Waals surface area contributed by atoms with E-state index >= 15 is 0 Å². The summed E-state index contributed by atoms with van der Waals surface area (Å²) in [6, 6.07) is 9.64. The van der Waals surface area contributed by atoms with Crippen molar-refractivity contribution < 1.29 is 56.4 Å². The minimum Gasteiger partial charge on any atom is -0.427 e. The lowest BCUT2D eigenvalue weighted by atomic mass is 9.80. The molecule has 28 nitrogen and oxygen atoms in total. The SMILES string of the molecule is CC1(F)CN(C(=O)CBr)C1.CC1(F)CN(C(=O)Cn2cnc3c(c(-c4ccc(F)c(Cl)c4)cn3C3CC3)c2=O)C1.CC1(F)CN(C(=O)Cn2cnc3c(c(Br)cn3C3CC3)c2=O)C1.Clc1ncnc2[nH]cc(Br)c12.Clc1ncnc2c1c(Br)cn2C1CC1.O=c1[nH]cnc2c1c(Br)cn2C1CC1.OB(O)C1CC1.OB(O)c1ccc(F)c(Cl)c1. The molecule has 3 saturated heterocycles. The number of benzene rings is 2. The molecule has 6 N–H and O–H groups in total. The maximum Gasteiger partial charge on any atom is 0.488 e. The number of hydrogen-bond acceptors (Lipinski definition) is 17. The standard InChI is InChI=1S/C21H19ClF2N4O2.C15H16BrFN4O2.C9H7BrClN3.C9H8BrN3O.C6H5BClFO2.C6H3BrClN3.C6H9BrFNO.C3H7BO2/c1-21(24)9-27(10-21)17(29)8-26-11-25-19-18(20(26)30)14(7-28(19)13-3-4-13)12-2-5-16(23)15(22)6-12;1-15(17)6-20(7-15)11(22)5-19-8-18-13-12(14(19)23)10(16)4-21(13)9-2-3-9;10-6-3-14(5-1-2-5)9-7(6)8(11)12-4-13-9;10-6-3-13(5-1-2-5)8-7(6)9(14)12-4-11-8;8-5-3-4(7(10)11)1-2-6(5)9;7-3-1-9-6-4(3)5(8)10-2-11-6;1-6(8)3-9(4-6)5(10)2-7;5-4(6)3-1-2-3/h2,5-7,11,13H,3-4,8-10H2,1H3;4,8-9H,2-3,5-7H2,1H3;3-5H,1-2H2;3-5H,1-2H2,(H,11,12,14);1-3,10-11H;1-2H,(H,9,10,11);2-4H2,1H3;3,5-6H,1-2H2. The van der Waals surface area contributed by atoms with E-state index in [1.807, 2.05) is 33.9 Å². The number of fused-ring (bicyclic) bond motifs is 5. The highest BCUT2D eigenvalue weighted by Crippen LogP contribution is 2.44. The number of likely N-dealkylation sites (tertiary alicyclic amines) is 3. The summed E-state index contributed by atoms with van der Waals surface area (Å²) >= 11 is 39.7. The van der Waals surface area contributed by atoms with Crippen LogP contribution in [0.2, 0.25) is 26.2 Å². The zero-order chi connectivity index (χ0) is 85.6. The van der Waals surface area contributed by atoms with Crippen LogP contribution in [0.4, 0.5) is 22.0 Å². The van der Waals surface area contributed by atoms with Gasteiger partial charge in [0.15, 0.2) is 0 Å². The van der Waals surface area contributed by atoms with Crippen molar-refractivity contribution in [1.82, 2.24) is 87.0 Å². The maximum absolute atomic E-state index is 13.7. The fourth-order valence-corrected chi connectivity index (χ4v) is 16.9. The van der Waals surface area contributed by atoms with Crippen molar-refractivity contribution in [3.05, 3.63) is 180 Å². The van der Waals surface area contributed by atoms with Gasteiger partial charge in [-0.25, -0.2) is 56.8 Å². The number of alkyl halides is 4. The van der Waals surface area contributed by atoms with Crippen LogP contribution in [0.1, 0.15) is 109 Å². The molecule has 20 rings (SSSR count). The average molecular weight is 2050 g/mol. The summed E-state index contributed by atoms with van der Waals surface area (Å²) in [5.74, 6) is -1.53. The lowest BCUT2D eigenvalue weighted by molar-refractivity contribution is -0.145. The van der Waals surface area contributed by atoms with Crippen molar-refractivity contribution >= 4 is 219 Å². The second-order valence-corrected chi connectivity index (χ2v) is 36.2. The Kier molecular flexibility index (Phi) is 27.7. The molecule has 2 aromatic carbocycles. The van der Waals surface area contributed by atoms with Gasteiger partial charge in [0.1, 0.15) is 106 Å². The Morgan fingerprint density at radius 1 is 0.504 bits per heavy atom. The Hall–Kier alpha value is -7.47.